The highest BCUT2D eigenvalue weighted by Gasteiger charge is 2.28. The molecule has 0 saturated carbocycles. The predicted octanol–water partition coefficient (Wildman–Crippen LogP) is 3.59. The number of benzene rings is 1. The van der Waals surface area contributed by atoms with Crippen LogP contribution in [0.2, 0.25) is 0 Å². The minimum atomic E-state index is 0.381. The molecule has 1 aliphatic carbocycles. The maximum Gasteiger partial charge on any atom is 0.120 e. The van der Waals surface area contributed by atoms with Gasteiger partial charge in [-0.3, -0.25) is 0 Å². The number of hydrogen-bond acceptors (Lipinski definition) is 2. The Morgan fingerprint density at radius 2 is 2.19 bits per heavy atom. The van der Waals surface area contributed by atoms with E-state index < -0.39 is 0 Å². The Hall–Kier alpha value is -1.00. The number of rotatable bonds is 1. The molecule has 1 N–H and O–H groups in total. The zero-order valence-electron chi connectivity index (χ0n) is 8.40. The SMILES string of the molecule is S=c1[nH]c(C2Cc3ccccc32)ncc1Br. The van der Waals surface area contributed by atoms with Gasteiger partial charge in [0, 0.05) is 12.1 Å². The summed E-state index contributed by atoms with van der Waals surface area (Å²) in [5.74, 6) is 1.35. The normalized spacial score (nSPS) is 17.7. The minimum absolute atomic E-state index is 0.381. The monoisotopic (exact) mass is 292 g/mol. The van der Waals surface area contributed by atoms with Crippen LogP contribution in [-0.2, 0) is 6.42 Å². The van der Waals surface area contributed by atoms with E-state index in [1.165, 1.54) is 11.1 Å². The van der Waals surface area contributed by atoms with Gasteiger partial charge >= 0.3 is 0 Å². The number of aromatic nitrogens is 2. The highest BCUT2D eigenvalue weighted by molar-refractivity contribution is 9.10. The van der Waals surface area contributed by atoms with Crippen LogP contribution in [0.25, 0.3) is 0 Å². The van der Waals surface area contributed by atoms with Gasteiger partial charge in [-0.1, -0.05) is 36.5 Å². The van der Waals surface area contributed by atoms with Gasteiger partial charge < -0.3 is 4.98 Å². The first kappa shape index (κ1) is 10.2. The Morgan fingerprint density at radius 1 is 1.38 bits per heavy atom. The number of H-pyrrole nitrogens is 1. The summed E-state index contributed by atoms with van der Waals surface area (Å²) in [6, 6.07) is 8.47. The highest BCUT2D eigenvalue weighted by Crippen LogP contribution is 2.38. The van der Waals surface area contributed by atoms with Gasteiger partial charge in [-0.05, 0) is 33.5 Å². The molecule has 2 nitrogen and oxygen atoms in total. The average Bonchev–Trinajstić information content (AvgIpc) is 2.25. The molecule has 0 radical (unpaired) electrons. The zero-order chi connectivity index (χ0) is 11.1. The first-order valence-electron chi connectivity index (χ1n) is 5.08. The predicted molar refractivity (Wildman–Crippen MR) is 69.1 cm³/mol. The third kappa shape index (κ3) is 1.53. The highest BCUT2D eigenvalue weighted by atomic mass is 79.9. The van der Waals surface area contributed by atoms with Crippen molar-refractivity contribution in [2.45, 2.75) is 12.3 Å². The summed E-state index contributed by atoms with van der Waals surface area (Å²) in [4.78, 5) is 7.57. The molecule has 1 aromatic heterocycles. The molecule has 0 saturated heterocycles. The standard InChI is InChI=1S/C12H9BrN2S/c13-10-6-14-11(15-12(10)16)9-5-7-3-1-2-4-8(7)9/h1-4,6,9H,5H2,(H,14,15,16). The topological polar surface area (TPSA) is 28.7 Å². The van der Waals surface area contributed by atoms with Crippen molar-refractivity contribution in [1.29, 1.82) is 0 Å². The quantitative estimate of drug-likeness (QED) is 0.814. The Labute approximate surface area is 107 Å². The van der Waals surface area contributed by atoms with E-state index in [0.717, 1.165) is 21.4 Å². The molecule has 0 amide bonds. The van der Waals surface area contributed by atoms with E-state index in [-0.39, 0.29) is 0 Å². The summed E-state index contributed by atoms with van der Waals surface area (Å²) >= 11 is 8.54. The summed E-state index contributed by atoms with van der Waals surface area (Å²) in [6.45, 7) is 0. The molecule has 80 valence electrons. The van der Waals surface area contributed by atoms with E-state index >= 15 is 0 Å². The van der Waals surface area contributed by atoms with Crippen molar-refractivity contribution in [2.75, 3.05) is 0 Å². The van der Waals surface area contributed by atoms with E-state index in [2.05, 4.69) is 50.2 Å². The van der Waals surface area contributed by atoms with Crippen molar-refractivity contribution in [3.8, 4) is 0 Å². The number of nitrogens with one attached hydrogen (secondary N) is 1. The van der Waals surface area contributed by atoms with E-state index in [9.17, 15) is 0 Å². The van der Waals surface area contributed by atoms with E-state index in [4.69, 9.17) is 12.2 Å². The molecule has 4 heteroatoms. The molecule has 0 fully saturated rings. The molecule has 0 aliphatic heterocycles. The van der Waals surface area contributed by atoms with Crippen LogP contribution in [-0.4, -0.2) is 9.97 Å². The Kier molecular flexibility index (Phi) is 2.41. The Bertz CT molecular complexity index is 606. The molecule has 1 unspecified atom stereocenters. The molecule has 0 spiro atoms. The van der Waals surface area contributed by atoms with Crippen LogP contribution in [0.15, 0.2) is 34.9 Å². The van der Waals surface area contributed by atoms with Crippen LogP contribution in [0.1, 0.15) is 22.9 Å². The molecule has 1 atom stereocenters. The first-order chi connectivity index (χ1) is 7.75. The smallest absolute Gasteiger partial charge is 0.120 e. The molecule has 0 bridgehead atoms. The molecule has 16 heavy (non-hydrogen) atoms. The largest absolute Gasteiger partial charge is 0.333 e. The lowest BCUT2D eigenvalue weighted by molar-refractivity contribution is 0.657. The third-order valence-electron chi connectivity index (χ3n) is 2.96. The second-order valence-electron chi connectivity index (χ2n) is 3.90. The van der Waals surface area contributed by atoms with Crippen LogP contribution in [0.4, 0.5) is 0 Å². The summed E-state index contributed by atoms with van der Waals surface area (Å²) in [5, 5.41) is 0. The summed E-state index contributed by atoms with van der Waals surface area (Å²) < 4.78 is 1.56. The lowest BCUT2D eigenvalue weighted by atomic mass is 9.77. The van der Waals surface area contributed by atoms with Crippen molar-refractivity contribution in [3.05, 3.63) is 56.5 Å². The van der Waals surface area contributed by atoms with E-state index in [1.54, 1.807) is 6.20 Å². The van der Waals surface area contributed by atoms with Gasteiger partial charge in [0.05, 0.1) is 4.47 Å². The average molecular weight is 293 g/mol. The van der Waals surface area contributed by atoms with Crippen LogP contribution in [0.5, 0.6) is 0 Å². The van der Waals surface area contributed by atoms with Crippen LogP contribution >= 0.6 is 28.1 Å². The molecule has 1 aromatic carbocycles. The van der Waals surface area contributed by atoms with Gasteiger partial charge in [-0.2, -0.15) is 0 Å². The van der Waals surface area contributed by atoms with Crippen molar-refractivity contribution >= 4 is 28.1 Å². The molecule has 3 rings (SSSR count). The fourth-order valence-electron chi connectivity index (χ4n) is 2.07. The number of fused-ring (bicyclic) bond motifs is 1. The molecular formula is C12H9BrN2S. The van der Waals surface area contributed by atoms with Crippen LogP contribution in [0.3, 0.4) is 0 Å². The zero-order valence-corrected chi connectivity index (χ0v) is 10.8. The van der Waals surface area contributed by atoms with Crippen molar-refractivity contribution in [1.82, 2.24) is 9.97 Å². The van der Waals surface area contributed by atoms with Gasteiger partial charge in [-0.15, -0.1) is 0 Å². The number of hydrogen-bond donors (Lipinski definition) is 1. The van der Waals surface area contributed by atoms with E-state index in [1.807, 2.05) is 0 Å². The Morgan fingerprint density at radius 3 is 2.94 bits per heavy atom. The van der Waals surface area contributed by atoms with Gasteiger partial charge in [-0.25, -0.2) is 4.98 Å². The second kappa shape index (κ2) is 3.79. The van der Waals surface area contributed by atoms with Crippen molar-refractivity contribution < 1.29 is 0 Å². The number of nitrogens with zero attached hydrogens (tertiary/aromatic N) is 1. The lowest BCUT2D eigenvalue weighted by Gasteiger charge is -2.29. The number of aromatic amines is 1. The fourth-order valence-corrected chi connectivity index (χ4v) is 2.43. The fraction of sp³-hybridized carbons (Fsp3) is 0.167. The second-order valence-corrected chi connectivity index (χ2v) is 5.16. The maximum absolute atomic E-state index is 5.19. The molecule has 1 heterocycles. The molecule has 2 aromatic rings. The van der Waals surface area contributed by atoms with Crippen LogP contribution in [0, 0.1) is 4.64 Å². The lowest BCUT2D eigenvalue weighted by Crippen LogP contribution is -2.20. The Balaban J connectivity index is 2.03. The van der Waals surface area contributed by atoms with Gasteiger partial charge in [0.25, 0.3) is 0 Å². The first-order valence-corrected chi connectivity index (χ1v) is 6.28. The molecular weight excluding hydrogens is 284 g/mol. The third-order valence-corrected chi connectivity index (χ3v) is 4.15. The summed E-state index contributed by atoms with van der Waals surface area (Å²) in [5.41, 5.74) is 2.78. The van der Waals surface area contributed by atoms with Crippen molar-refractivity contribution in [2.24, 2.45) is 0 Å². The number of halogens is 1. The van der Waals surface area contributed by atoms with Crippen molar-refractivity contribution in [3.63, 3.8) is 0 Å². The van der Waals surface area contributed by atoms with Crippen LogP contribution < -0.4 is 0 Å². The summed E-state index contributed by atoms with van der Waals surface area (Å²) in [6.07, 6.45) is 2.82. The van der Waals surface area contributed by atoms with Gasteiger partial charge in [0.2, 0.25) is 0 Å². The van der Waals surface area contributed by atoms with Gasteiger partial charge in [0.15, 0.2) is 0 Å². The summed E-state index contributed by atoms with van der Waals surface area (Å²) in [7, 11) is 0. The minimum Gasteiger partial charge on any atom is -0.333 e. The van der Waals surface area contributed by atoms with Gasteiger partial charge in [0.1, 0.15) is 10.5 Å². The molecule has 1 aliphatic rings. The maximum atomic E-state index is 5.19. The van der Waals surface area contributed by atoms with E-state index in [0.29, 0.717) is 5.92 Å².